The maximum Gasteiger partial charge on any atom is 0.0214 e. The zero-order chi connectivity index (χ0) is 13.0. The van der Waals surface area contributed by atoms with Crippen LogP contribution in [0.5, 0.6) is 0 Å². The normalized spacial score (nSPS) is 23.4. The standard InChI is InChI=1S/C16H24Si/c1-7-16(17)13(6)12(5)14-11(4)9(2)8-10(3)15(14)16/h8H,7H2,1-6,17H3. The summed E-state index contributed by atoms with van der Waals surface area (Å²) < 4.78 is 0. The molecular formula is C16H24Si. The Morgan fingerprint density at radius 1 is 1.06 bits per heavy atom. The molecule has 0 N–H and O–H groups in total. The molecule has 2 rings (SSSR count). The summed E-state index contributed by atoms with van der Waals surface area (Å²) in [6.07, 6.45) is 1.25. The van der Waals surface area contributed by atoms with Crippen molar-refractivity contribution in [3.05, 3.63) is 39.5 Å². The second kappa shape index (κ2) is 3.84. The Labute approximate surface area is 109 Å². The van der Waals surface area contributed by atoms with E-state index in [2.05, 4.69) is 47.6 Å². The predicted molar refractivity (Wildman–Crippen MR) is 80.8 cm³/mol. The van der Waals surface area contributed by atoms with Gasteiger partial charge in [0.15, 0.2) is 0 Å². The van der Waals surface area contributed by atoms with Gasteiger partial charge in [0.25, 0.3) is 0 Å². The van der Waals surface area contributed by atoms with E-state index < -0.39 is 0 Å². The topological polar surface area (TPSA) is 0 Å². The zero-order valence-corrected chi connectivity index (χ0v) is 14.3. The molecule has 0 amide bonds. The van der Waals surface area contributed by atoms with Crippen molar-refractivity contribution in [2.45, 2.75) is 53.0 Å². The van der Waals surface area contributed by atoms with Crippen LogP contribution in [0, 0.1) is 20.8 Å². The van der Waals surface area contributed by atoms with Crippen LogP contribution in [0.4, 0.5) is 0 Å². The molecule has 0 fully saturated rings. The number of aryl methyl sites for hydroxylation is 2. The summed E-state index contributed by atoms with van der Waals surface area (Å²) >= 11 is 0. The molecule has 1 aliphatic rings. The highest BCUT2D eigenvalue weighted by atomic mass is 28.1. The average Bonchev–Trinajstić information content (AvgIpc) is 2.49. The molecule has 92 valence electrons. The quantitative estimate of drug-likeness (QED) is 0.664. The summed E-state index contributed by atoms with van der Waals surface area (Å²) in [6.45, 7) is 13.8. The van der Waals surface area contributed by atoms with Crippen molar-refractivity contribution < 1.29 is 0 Å². The van der Waals surface area contributed by atoms with E-state index in [-0.39, 0.29) is 0 Å². The molecule has 0 radical (unpaired) electrons. The molecule has 1 aromatic rings. The highest BCUT2D eigenvalue weighted by molar-refractivity contribution is 6.21. The maximum absolute atomic E-state index is 2.38. The Balaban J connectivity index is 2.89. The summed E-state index contributed by atoms with van der Waals surface area (Å²) in [7, 11) is 1.22. The van der Waals surface area contributed by atoms with E-state index in [4.69, 9.17) is 0 Å². The molecule has 1 heteroatoms. The monoisotopic (exact) mass is 244 g/mol. The molecule has 0 saturated carbocycles. The van der Waals surface area contributed by atoms with Crippen LogP contribution in [0.15, 0.2) is 11.6 Å². The molecule has 1 atom stereocenters. The van der Waals surface area contributed by atoms with E-state index in [9.17, 15) is 0 Å². The van der Waals surface area contributed by atoms with Gasteiger partial charge in [-0.3, -0.25) is 0 Å². The van der Waals surface area contributed by atoms with Gasteiger partial charge >= 0.3 is 0 Å². The second-order valence-electron chi connectivity index (χ2n) is 5.82. The first-order chi connectivity index (χ1) is 7.84. The Kier molecular flexibility index (Phi) is 2.85. The molecule has 0 spiro atoms. The zero-order valence-electron chi connectivity index (χ0n) is 12.3. The van der Waals surface area contributed by atoms with Crippen molar-refractivity contribution in [1.29, 1.82) is 0 Å². The van der Waals surface area contributed by atoms with Crippen LogP contribution in [-0.4, -0.2) is 10.2 Å². The highest BCUT2D eigenvalue weighted by Gasteiger charge is 2.38. The molecule has 0 heterocycles. The minimum Gasteiger partial charge on any atom is -0.0645 e. The van der Waals surface area contributed by atoms with Gasteiger partial charge in [-0.05, 0) is 74.4 Å². The number of fused-ring (bicyclic) bond motifs is 1. The number of allylic oxidation sites excluding steroid dienone is 2. The lowest BCUT2D eigenvalue weighted by molar-refractivity contribution is 0.687. The highest BCUT2D eigenvalue weighted by Crippen LogP contribution is 2.49. The van der Waals surface area contributed by atoms with Crippen LogP contribution < -0.4 is 0 Å². The average molecular weight is 244 g/mol. The van der Waals surface area contributed by atoms with Gasteiger partial charge in [0.05, 0.1) is 0 Å². The molecule has 1 aromatic carbocycles. The number of rotatable bonds is 1. The van der Waals surface area contributed by atoms with Gasteiger partial charge < -0.3 is 0 Å². The van der Waals surface area contributed by atoms with Gasteiger partial charge in [-0.1, -0.05) is 18.6 Å². The van der Waals surface area contributed by atoms with Crippen molar-refractivity contribution in [2.75, 3.05) is 0 Å². The second-order valence-corrected chi connectivity index (χ2v) is 7.53. The van der Waals surface area contributed by atoms with E-state index in [1.807, 2.05) is 0 Å². The van der Waals surface area contributed by atoms with Crippen LogP contribution in [0.2, 0.25) is 0 Å². The maximum atomic E-state index is 2.38. The van der Waals surface area contributed by atoms with Crippen molar-refractivity contribution in [1.82, 2.24) is 0 Å². The van der Waals surface area contributed by atoms with Crippen LogP contribution in [-0.2, 0) is 5.04 Å². The molecule has 1 unspecified atom stereocenters. The van der Waals surface area contributed by atoms with Crippen molar-refractivity contribution in [3.8, 4) is 0 Å². The number of hydrogen-bond acceptors (Lipinski definition) is 0. The molecule has 0 aromatic heterocycles. The molecule has 1 aliphatic carbocycles. The Morgan fingerprint density at radius 3 is 2.18 bits per heavy atom. The summed E-state index contributed by atoms with van der Waals surface area (Å²) in [6, 6.07) is 2.38. The summed E-state index contributed by atoms with van der Waals surface area (Å²) in [4.78, 5) is 0. The van der Waals surface area contributed by atoms with Crippen LogP contribution >= 0.6 is 0 Å². The van der Waals surface area contributed by atoms with Gasteiger partial charge in [0.1, 0.15) is 0 Å². The lowest BCUT2D eigenvalue weighted by Crippen LogP contribution is -2.26. The minimum atomic E-state index is 0.391. The third kappa shape index (κ3) is 1.48. The fourth-order valence-electron chi connectivity index (χ4n) is 3.50. The van der Waals surface area contributed by atoms with E-state index in [0.29, 0.717) is 5.04 Å². The van der Waals surface area contributed by atoms with Crippen LogP contribution in [0.25, 0.3) is 5.57 Å². The summed E-state index contributed by atoms with van der Waals surface area (Å²) in [5.74, 6) is 0. The molecule has 0 nitrogen and oxygen atoms in total. The lowest BCUT2D eigenvalue weighted by Gasteiger charge is -2.29. The fourth-order valence-corrected chi connectivity index (χ4v) is 4.52. The smallest absolute Gasteiger partial charge is 0.0214 e. The van der Waals surface area contributed by atoms with Gasteiger partial charge in [0.2, 0.25) is 0 Å². The third-order valence-corrected chi connectivity index (χ3v) is 7.03. The van der Waals surface area contributed by atoms with Gasteiger partial charge in [-0.2, -0.15) is 0 Å². The first-order valence-electron chi connectivity index (χ1n) is 6.64. The van der Waals surface area contributed by atoms with Crippen LogP contribution in [0.1, 0.15) is 55.0 Å². The molecule has 0 aliphatic heterocycles. The molecule has 0 saturated heterocycles. The first-order valence-corrected chi connectivity index (χ1v) is 7.64. The SMILES string of the molecule is CCC1([SiH3])C(C)=C(C)c2c(C)c(C)cc(C)c21. The van der Waals surface area contributed by atoms with Gasteiger partial charge in [-0.25, -0.2) is 0 Å². The largest absolute Gasteiger partial charge is 0.0645 e. The number of hydrogen-bond donors (Lipinski definition) is 0. The first kappa shape index (κ1) is 12.6. The van der Waals surface area contributed by atoms with Crippen molar-refractivity contribution in [2.24, 2.45) is 0 Å². The number of benzene rings is 1. The molecule has 17 heavy (non-hydrogen) atoms. The third-order valence-electron chi connectivity index (χ3n) is 5.07. The summed E-state index contributed by atoms with van der Waals surface area (Å²) in [5, 5.41) is 0.391. The van der Waals surface area contributed by atoms with E-state index in [1.165, 1.54) is 33.4 Å². The van der Waals surface area contributed by atoms with E-state index in [0.717, 1.165) is 0 Å². The van der Waals surface area contributed by atoms with Crippen molar-refractivity contribution in [3.63, 3.8) is 0 Å². The van der Waals surface area contributed by atoms with Gasteiger partial charge in [0, 0.05) is 15.3 Å². The Morgan fingerprint density at radius 2 is 1.65 bits per heavy atom. The summed E-state index contributed by atoms with van der Waals surface area (Å²) in [5.41, 5.74) is 10.8. The van der Waals surface area contributed by atoms with E-state index in [1.54, 1.807) is 22.3 Å². The van der Waals surface area contributed by atoms with E-state index >= 15 is 0 Å². The van der Waals surface area contributed by atoms with Gasteiger partial charge in [-0.15, -0.1) is 0 Å². The fraction of sp³-hybridized carbons (Fsp3) is 0.500. The van der Waals surface area contributed by atoms with Crippen molar-refractivity contribution >= 4 is 15.8 Å². The van der Waals surface area contributed by atoms with Crippen LogP contribution in [0.3, 0.4) is 0 Å². The Bertz CT molecular complexity index is 523. The lowest BCUT2D eigenvalue weighted by atomic mass is 9.86. The predicted octanol–water partition coefficient (Wildman–Crippen LogP) is 3.39. The molecular weight excluding hydrogens is 220 g/mol. The molecule has 0 bridgehead atoms. The Hall–Kier alpha value is -0.823. The minimum absolute atomic E-state index is 0.391.